The summed E-state index contributed by atoms with van der Waals surface area (Å²) >= 11 is 0. The second kappa shape index (κ2) is 10.6. The van der Waals surface area contributed by atoms with Gasteiger partial charge in [-0.3, -0.25) is 14.4 Å². The van der Waals surface area contributed by atoms with E-state index in [1.807, 2.05) is 45.9 Å². The van der Waals surface area contributed by atoms with E-state index in [1.165, 1.54) is 4.90 Å². The zero-order valence-electron chi connectivity index (χ0n) is 24.3. The molecule has 4 rings (SSSR count). The van der Waals surface area contributed by atoms with Gasteiger partial charge in [-0.2, -0.15) is 5.26 Å². The number of nitrogens with one attached hydrogen (secondary N) is 3. The smallest absolute Gasteiger partial charge is 0.407 e. The molecule has 214 valence electrons. The molecular weight excluding hydrogens is 510 g/mol. The highest BCUT2D eigenvalue weighted by atomic mass is 16.5. The van der Waals surface area contributed by atoms with Crippen LogP contribution in [0.25, 0.3) is 10.9 Å². The molecule has 10 heteroatoms. The Labute approximate surface area is 234 Å². The monoisotopic (exact) mass is 549 g/mol. The predicted octanol–water partition coefficient (Wildman–Crippen LogP) is 3.03. The minimum Gasteiger partial charge on any atom is -0.450 e. The van der Waals surface area contributed by atoms with Gasteiger partial charge in [-0.15, -0.1) is 0 Å². The lowest BCUT2D eigenvalue weighted by molar-refractivity contribution is -0.144. The van der Waals surface area contributed by atoms with Gasteiger partial charge in [0.25, 0.3) is 5.56 Å². The quantitative estimate of drug-likeness (QED) is 0.484. The summed E-state index contributed by atoms with van der Waals surface area (Å²) in [7, 11) is 0. The topological polar surface area (TPSA) is 144 Å². The lowest BCUT2D eigenvalue weighted by Gasteiger charge is -2.37. The summed E-state index contributed by atoms with van der Waals surface area (Å²) in [5, 5.41) is 16.2. The van der Waals surface area contributed by atoms with Gasteiger partial charge in [0, 0.05) is 24.0 Å². The van der Waals surface area contributed by atoms with E-state index in [1.54, 1.807) is 13.0 Å². The fourth-order valence-electron chi connectivity index (χ4n) is 6.05. The minimum atomic E-state index is -0.968. The van der Waals surface area contributed by atoms with Gasteiger partial charge in [0.1, 0.15) is 18.1 Å². The van der Waals surface area contributed by atoms with Crippen LogP contribution in [0.15, 0.2) is 29.1 Å². The van der Waals surface area contributed by atoms with Crippen LogP contribution in [0.4, 0.5) is 4.79 Å². The maximum atomic E-state index is 13.8. The maximum Gasteiger partial charge on any atom is 0.407 e. The molecular formula is C30H39N5O5. The highest BCUT2D eigenvalue weighted by molar-refractivity contribution is 5.93. The SMILES string of the molecule is CCOC(=O)N[C@@H](C(=O)N1CC2[C@@H](C1C(=O)N[C@@H](C#N)Cc1cc3cc(C)ccc3[nH]c1=O)C2(C)C)C(C)(C)C. The average Bonchev–Trinajstić information content (AvgIpc) is 3.20. The lowest BCUT2D eigenvalue weighted by atomic mass is 9.85. The first-order chi connectivity index (χ1) is 18.7. The van der Waals surface area contributed by atoms with Crippen molar-refractivity contribution in [1.29, 1.82) is 5.26 Å². The second-order valence-electron chi connectivity index (χ2n) is 12.7. The van der Waals surface area contributed by atoms with Crippen molar-refractivity contribution in [2.75, 3.05) is 13.2 Å². The Morgan fingerprint density at radius 1 is 1.23 bits per heavy atom. The zero-order valence-corrected chi connectivity index (χ0v) is 24.3. The van der Waals surface area contributed by atoms with Crippen LogP contribution in [-0.2, 0) is 20.7 Å². The van der Waals surface area contributed by atoms with Gasteiger partial charge in [-0.05, 0) is 60.1 Å². The molecule has 5 atom stereocenters. The molecule has 1 aromatic carbocycles. The summed E-state index contributed by atoms with van der Waals surface area (Å²) in [4.78, 5) is 56.9. The number of hydrogen-bond donors (Lipinski definition) is 3. The van der Waals surface area contributed by atoms with Crippen LogP contribution in [0.2, 0.25) is 0 Å². The Hall–Kier alpha value is -3.87. The Morgan fingerprint density at radius 3 is 2.55 bits per heavy atom. The molecule has 40 heavy (non-hydrogen) atoms. The third-order valence-electron chi connectivity index (χ3n) is 8.38. The van der Waals surface area contributed by atoms with Crippen molar-refractivity contribution in [3.63, 3.8) is 0 Å². The van der Waals surface area contributed by atoms with Crippen LogP contribution in [0, 0.1) is 40.9 Å². The number of carbonyl (C=O) groups is 3. The summed E-state index contributed by atoms with van der Waals surface area (Å²) in [5.41, 5.74) is 1.03. The third-order valence-corrected chi connectivity index (χ3v) is 8.38. The molecule has 3 amide bonds. The number of pyridine rings is 1. The number of alkyl carbamates (subject to hydrolysis) is 1. The number of aromatic nitrogens is 1. The normalized spacial score (nSPS) is 22.6. The Morgan fingerprint density at radius 2 is 1.93 bits per heavy atom. The lowest BCUT2D eigenvalue weighted by Crippen LogP contribution is -2.60. The molecule has 3 N–H and O–H groups in total. The molecule has 2 fully saturated rings. The Balaban J connectivity index is 1.56. The second-order valence-corrected chi connectivity index (χ2v) is 12.7. The van der Waals surface area contributed by atoms with E-state index in [0.29, 0.717) is 17.6 Å². The van der Waals surface area contributed by atoms with Crippen LogP contribution in [0.3, 0.4) is 0 Å². The maximum absolute atomic E-state index is 13.8. The van der Waals surface area contributed by atoms with E-state index in [4.69, 9.17) is 4.74 Å². The molecule has 2 heterocycles. The minimum absolute atomic E-state index is 0.0225. The number of rotatable bonds is 7. The van der Waals surface area contributed by atoms with Crippen LogP contribution >= 0.6 is 0 Å². The number of carbonyl (C=O) groups excluding carboxylic acids is 3. The van der Waals surface area contributed by atoms with Gasteiger partial charge < -0.3 is 25.3 Å². The number of fused-ring (bicyclic) bond motifs is 2. The van der Waals surface area contributed by atoms with Crippen molar-refractivity contribution in [2.24, 2.45) is 22.7 Å². The number of aromatic amines is 1. The number of aryl methyl sites for hydroxylation is 1. The van der Waals surface area contributed by atoms with Crippen molar-refractivity contribution < 1.29 is 19.1 Å². The van der Waals surface area contributed by atoms with E-state index < -0.39 is 35.5 Å². The van der Waals surface area contributed by atoms with Gasteiger partial charge in [0.2, 0.25) is 11.8 Å². The van der Waals surface area contributed by atoms with E-state index >= 15 is 0 Å². The predicted molar refractivity (Wildman–Crippen MR) is 150 cm³/mol. The van der Waals surface area contributed by atoms with Crippen LogP contribution in [0.1, 0.15) is 52.7 Å². The van der Waals surface area contributed by atoms with Gasteiger partial charge in [-0.25, -0.2) is 4.79 Å². The number of nitrogens with zero attached hydrogens (tertiary/aromatic N) is 2. The Bertz CT molecular complexity index is 1430. The van der Waals surface area contributed by atoms with Gasteiger partial charge in [-0.1, -0.05) is 46.2 Å². The van der Waals surface area contributed by atoms with E-state index in [0.717, 1.165) is 10.9 Å². The van der Waals surface area contributed by atoms with Crippen molar-refractivity contribution in [3.8, 4) is 6.07 Å². The number of benzene rings is 1. The first kappa shape index (κ1) is 29.1. The standard InChI is InChI=1S/C30H39N5O5/c1-8-40-28(39)34-24(29(3,4)5)27(38)35-15-20-22(30(20,6)7)23(35)26(37)32-19(14-31)13-18-12-17-11-16(2)9-10-21(17)33-25(18)36/h9-12,19-20,22-24H,8,13,15H2,1-7H3,(H,32,37)(H,33,36)(H,34,39)/t19-,20?,22+,23?,24+/m1/s1. The number of amides is 3. The van der Waals surface area contributed by atoms with E-state index in [9.17, 15) is 24.4 Å². The summed E-state index contributed by atoms with van der Waals surface area (Å²) in [6.07, 6.45) is -0.670. The first-order valence-electron chi connectivity index (χ1n) is 13.7. The van der Waals surface area contributed by atoms with Crippen molar-refractivity contribution in [3.05, 3.63) is 45.7 Å². The molecule has 2 unspecified atom stereocenters. The summed E-state index contributed by atoms with van der Waals surface area (Å²) in [6, 6.07) is 6.87. The van der Waals surface area contributed by atoms with Crippen LogP contribution < -0.4 is 16.2 Å². The van der Waals surface area contributed by atoms with Gasteiger partial charge >= 0.3 is 6.09 Å². The van der Waals surface area contributed by atoms with Crippen LogP contribution in [0.5, 0.6) is 0 Å². The first-order valence-corrected chi connectivity index (χ1v) is 13.7. The number of ether oxygens (including phenoxy) is 1. The van der Waals surface area contributed by atoms with Crippen LogP contribution in [-0.4, -0.2) is 59.1 Å². The fraction of sp³-hybridized carbons (Fsp3) is 0.567. The molecule has 1 saturated carbocycles. The van der Waals surface area contributed by atoms with Crippen molar-refractivity contribution in [1.82, 2.24) is 20.5 Å². The third kappa shape index (κ3) is 5.55. The Kier molecular flexibility index (Phi) is 7.72. The number of hydrogen-bond acceptors (Lipinski definition) is 6. The highest BCUT2D eigenvalue weighted by Crippen LogP contribution is 2.65. The highest BCUT2D eigenvalue weighted by Gasteiger charge is 2.69. The molecule has 1 aromatic heterocycles. The van der Waals surface area contributed by atoms with Crippen molar-refractivity contribution in [2.45, 2.75) is 73.0 Å². The largest absolute Gasteiger partial charge is 0.450 e. The number of nitriles is 1. The molecule has 1 aliphatic heterocycles. The molecule has 10 nitrogen and oxygen atoms in total. The molecule has 1 saturated heterocycles. The van der Waals surface area contributed by atoms with E-state index in [-0.39, 0.29) is 41.7 Å². The summed E-state index contributed by atoms with van der Waals surface area (Å²) < 4.78 is 5.02. The van der Waals surface area contributed by atoms with Gasteiger partial charge in [0.15, 0.2) is 0 Å². The van der Waals surface area contributed by atoms with Crippen molar-refractivity contribution >= 4 is 28.8 Å². The number of piperidine rings is 1. The van der Waals surface area contributed by atoms with E-state index in [2.05, 4.69) is 35.5 Å². The zero-order chi connectivity index (χ0) is 29.6. The van der Waals surface area contributed by atoms with Gasteiger partial charge in [0.05, 0.1) is 12.7 Å². The number of likely N-dealkylation sites (tertiary alicyclic amines) is 1. The summed E-state index contributed by atoms with van der Waals surface area (Å²) in [5.74, 6) is -0.748. The molecule has 1 aliphatic carbocycles. The fourth-order valence-corrected chi connectivity index (χ4v) is 6.05. The molecule has 2 aliphatic rings. The molecule has 2 aromatic rings. The summed E-state index contributed by atoms with van der Waals surface area (Å²) in [6.45, 7) is 13.8. The molecule has 0 radical (unpaired) electrons. The molecule has 0 bridgehead atoms. The number of H-pyrrole nitrogens is 1. The average molecular weight is 550 g/mol. The molecule has 0 spiro atoms.